The highest BCUT2D eigenvalue weighted by Crippen LogP contribution is 2.18. The summed E-state index contributed by atoms with van der Waals surface area (Å²) in [4.78, 5) is 16.0. The molecule has 168 valence electrons. The summed E-state index contributed by atoms with van der Waals surface area (Å²) in [6, 6.07) is 18.8. The average Bonchev–Trinajstić information content (AvgIpc) is 3.59. The minimum absolute atomic E-state index is 0. The molecule has 31 heavy (non-hydrogen) atoms. The van der Waals surface area contributed by atoms with Crippen molar-refractivity contribution < 1.29 is 9.53 Å². The topological polar surface area (TPSA) is 74.8 Å². The average molecular weight is 536 g/mol. The second kappa shape index (κ2) is 13.9. The van der Waals surface area contributed by atoms with E-state index in [9.17, 15) is 4.79 Å². The minimum Gasteiger partial charge on any atom is -0.484 e. The van der Waals surface area contributed by atoms with Gasteiger partial charge < -0.3 is 20.7 Å². The quantitative estimate of drug-likeness (QED) is 0.178. The summed E-state index contributed by atoms with van der Waals surface area (Å²) >= 11 is 0. The predicted molar refractivity (Wildman–Crippen MR) is 136 cm³/mol. The lowest BCUT2D eigenvalue weighted by molar-refractivity contribution is -0.123. The Bertz CT molecular complexity index is 808. The maximum absolute atomic E-state index is 11.7. The molecule has 0 bridgehead atoms. The van der Waals surface area contributed by atoms with Crippen molar-refractivity contribution in [3.05, 3.63) is 65.7 Å². The molecule has 3 rings (SSSR count). The zero-order valence-corrected chi connectivity index (χ0v) is 20.4. The standard InChI is InChI=1S/C24H32N4O2.HI/c1-25-24(26-16-5-8-19-6-3-2-4-7-19)27-17-15-20-9-13-22(14-10-20)30-18-23(29)28-21-11-12-21;/h2-4,6-7,9-10,13-14,21H,5,8,11-12,15-18H2,1H3,(H,28,29)(H2,25,26,27);1H. The number of ether oxygens (including phenoxy) is 1. The van der Waals surface area contributed by atoms with Crippen LogP contribution in [0.25, 0.3) is 0 Å². The van der Waals surface area contributed by atoms with Crippen molar-refractivity contribution >= 4 is 35.8 Å². The number of benzene rings is 2. The maximum atomic E-state index is 11.7. The molecular weight excluding hydrogens is 503 g/mol. The molecule has 1 saturated carbocycles. The molecule has 6 nitrogen and oxygen atoms in total. The Morgan fingerprint density at radius 1 is 0.968 bits per heavy atom. The summed E-state index contributed by atoms with van der Waals surface area (Å²) in [5.74, 6) is 1.49. The van der Waals surface area contributed by atoms with Crippen molar-refractivity contribution in [2.75, 3.05) is 26.7 Å². The zero-order valence-electron chi connectivity index (χ0n) is 18.1. The third-order valence-electron chi connectivity index (χ3n) is 4.94. The summed E-state index contributed by atoms with van der Waals surface area (Å²) in [5.41, 5.74) is 2.56. The van der Waals surface area contributed by atoms with Gasteiger partial charge in [-0.25, -0.2) is 0 Å². The molecule has 1 fully saturated rings. The molecule has 0 radical (unpaired) electrons. The van der Waals surface area contributed by atoms with E-state index >= 15 is 0 Å². The van der Waals surface area contributed by atoms with Crippen LogP contribution in [0.4, 0.5) is 0 Å². The lowest BCUT2D eigenvalue weighted by Gasteiger charge is -2.12. The van der Waals surface area contributed by atoms with Gasteiger partial charge >= 0.3 is 0 Å². The Morgan fingerprint density at radius 2 is 1.65 bits per heavy atom. The van der Waals surface area contributed by atoms with Crippen LogP contribution in [-0.4, -0.2) is 44.7 Å². The van der Waals surface area contributed by atoms with Crippen LogP contribution in [0.15, 0.2) is 59.6 Å². The molecule has 2 aromatic carbocycles. The Balaban J connectivity index is 0.00000341. The van der Waals surface area contributed by atoms with Crippen molar-refractivity contribution in [1.29, 1.82) is 0 Å². The van der Waals surface area contributed by atoms with Gasteiger partial charge in [-0.1, -0.05) is 42.5 Å². The van der Waals surface area contributed by atoms with Gasteiger partial charge in [0.25, 0.3) is 5.91 Å². The summed E-state index contributed by atoms with van der Waals surface area (Å²) in [5, 5.41) is 9.63. The Kier molecular flexibility index (Phi) is 11.2. The second-order valence-corrected chi connectivity index (χ2v) is 7.54. The third-order valence-corrected chi connectivity index (χ3v) is 4.94. The number of guanidine groups is 1. The van der Waals surface area contributed by atoms with Crippen molar-refractivity contribution in [2.24, 2.45) is 4.99 Å². The Labute approximate surface area is 202 Å². The van der Waals surface area contributed by atoms with Gasteiger partial charge in [-0.3, -0.25) is 9.79 Å². The molecule has 1 aliphatic carbocycles. The summed E-state index contributed by atoms with van der Waals surface area (Å²) in [7, 11) is 1.79. The first-order valence-electron chi connectivity index (χ1n) is 10.7. The fraction of sp³-hybridized carbons (Fsp3) is 0.417. The fourth-order valence-electron chi connectivity index (χ4n) is 3.09. The number of rotatable bonds is 11. The van der Waals surface area contributed by atoms with Crippen LogP contribution in [-0.2, 0) is 17.6 Å². The van der Waals surface area contributed by atoms with Crippen LogP contribution in [0, 0.1) is 0 Å². The van der Waals surface area contributed by atoms with E-state index in [1.807, 2.05) is 30.3 Å². The van der Waals surface area contributed by atoms with E-state index in [1.54, 1.807) is 7.05 Å². The summed E-state index contributed by atoms with van der Waals surface area (Å²) < 4.78 is 5.54. The van der Waals surface area contributed by atoms with Crippen molar-refractivity contribution in [1.82, 2.24) is 16.0 Å². The lowest BCUT2D eigenvalue weighted by atomic mass is 10.1. The molecular formula is C24H33IN4O2. The van der Waals surface area contributed by atoms with Crippen molar-refractivity contribution in [2.45, 2.75) is 38.1 Å². The number of carbonyl (C=O) groups is 1. The lowest BCUT2D eigenvalue weighted by Crippen LogP contribution is -2.38. The second-order valence-electron chi connectivity index (χ2n) is 7.54. The first-order chi connectivity index (χ1) is 14.7. The number of nitrogens with one attached hydrogen (secondary N) is 3. The molecule has 0 heterocycles. The molecule has 7 heteroatoms. The number of amides is 1. The Morgan fingerprint density at radius 3 is 2.32 bits per heavy atom. The first-order valence-corrected chi connectivity index (χ1v) is 10.7. The monoisotopic (exact) mass is 536 g/mol. The van der Waals surface area contributed by atoms with Crippen LogP contribution < -0.4 is 20.7 Å². The van der Waals surface area contributed by atoms with Gasteiger partial charge in [0.2, 0.25) is 0 Å². The predicted octanol–water partition coefficient (Wildman–Crippen LogP) is 3.30. The van der Waals surface area contributed by atoms with Crippen molar-refractivity contribution in [3.63, 3.8) is 0 Å². The van der Waals surface area contributed by atoms with Crippen LogP contribution in [0.5, 0.6) is 5.75 Å². The number of hydrogen-bond acceptors (Lipinski definition) is 3. The van der Waals surface area contributed by atoms with E-state index in [-0.39, 0.29) is 36.5 Å². The maximum Gasteiger partial charge on any atom is 0.258 e. The van der Waals surface area contributed by atoms with E-state index < -0.39 is 0 Å². The van der Waals surface area contributed by atoms with Gasteiger partial charge in [0.15, 0.2) is 12.6 Å². The largest absolute Gasteiger partial charge is 0.484 e. The molecule has 1 amide bonds. The van der Waals surface area contributed by atoms with Gasteiger partial charge in [0.05, 0.1) is 0 Å². The third kappa shape index (κ3) is 10.0. The highest BCUT2D eigenvalue weighted by Gasteiger charge is 2.23. The number of aryl methyl sites for hydroxylation is 1. The van der Waals surface area contributed by atoms with Crippen LogP contribution in [0.3, 0.4) is 0 Å². The van der Waals surface area contributed by atoms with Crippen LogP contribution >= 0.6 is 24.0 Å². The Hall–Kier alpha value is -2.29. The molecule has 0 unspecified atom stereocenters. The van der Waals surface area contributed by atoms with Gasteiger partial charge in [-0.2, -0.15) is 0 Å². The number of halogens is 1. The number of carbonyl (C=O) groups excluding carboxylic acids is 1. The molecule has 2 aromatic rings. The van der Waals surface area contributed by atoms with E-state index in [4.69, 9.17) is 4.74 Å². The fourth-order valence-corrected chi connectivity index (χ4v) is 3.09. The van der Waals surface area contributed by atoms with E-state index in [0.29, 0.717) is 11.8 Å². The first kappa shape index (κ1) is 25.0. The molecule has 0 aliphatic heterocycles. The van der Waals surface area contributed by atoms with Crippen molar-refractivity contribution in [3.8, 4) is 5.75 Å². The van der Waals surface area contributed by atoms with Gasteiger partial charge in [0, 0.05) is 26.2 Å². The molecule has 0 aromatic heterocycles. The zero-order chi connectivity index (χ0) is 21.0. The van der Waals surface area contributed by atoms with Crippen LogP contribution in [0.1, 0.15) is 30.4 Å². The van der Waals surface area contributed by atoms with E-state index in [1.165, 1.54) is 11.1 Å². The van der Waals surface area contributed by atoms with Gasteiger partial charge in [0.1, 0.15) is 5.75 Å². The SMILES string of the molecule is CN=C(NCCCc1ccccc1)NCCc1ccc(OCC(=O)NC2CC2)cc1.I. The number of aliphatic imine (C=N–C) groups is 1. The molecule has 1 aliphatic rings. The minimum atomic E-state index is -0.0478. The highest BCUT2D eigenvalue weighted by atomic mass is 127. The normalized spacial score (nSPS) is 13.1. The molecule has 3 N–H and O–H groups in total. The van der Waals surface area contributed by atoms with E-state index in [2.05, 4.69) is 45.2 Å². The summed E-state index contributed by atoms with van der Waals surface area (Å²) in [6.45, 7) is 1.75. The number of hydrogen-bond donors (Lipinski definition) is 3. The van der Waals surface area contributed by atoms with E-state index in [0.717, 1.165) is 51.2 Å². The van der Waals surface area contributed by atoms with Gasteiger partial charge in [-0.15, -0.1) is 24.0 Å². The smallest absolute Gasteiger partial charge is 0.258 e. The molecule has 0 spiro atoms. The van der Waals surface area contributed by atoms with Crippen LogP contribution in [0.2, 0.25) is 0 Å². The molecule has 0 saturated heterocycles. The molecule has 0 atom stereocenters. The van der Waals surface area contributed by atoms with Gasteiger partial charge in [-0.05, 0) is 55.4 Å². The highest BCUT2D eigenvalue weighted by molar-refractivity contribution is 14.0. The number of nitrogens with zero attached hydrogens (tertiary/aromatic N) is 1. The summed E-state index contributed by atoms with van der Waals surface area (Å²) in [6.07, 6.45) is 5.17.